The van der Waals surface area contributed by atoms with Crippen molar-refractivity contribution in [3.05, 3.63) is 35.9 Å². The molecule has 3 heteroatoms. The first-order valence-corrected chi connectivity index (χ1v) is 6.77. The fourth-order valence-electron chi connectivity index (χ4n) is 2.42. The van der Waals surface area contributed by atoms with Gasteiger partial charge in [-0.05, 0) is 31.4 Å². The summed E-state index contributed by atoms with van der Waals surface area (Å²) < 4.78 is 0. The van der Waals surface area contributed by atoms with E-state index in [1.165, 1.54) is 5.56 Å². The van der Waals surface area contributed by atoms with Crippen molar-refractivity contribution in [3.63, 3.8) is 0 Å². The number of hydrogen-bond acceptors (Lipinski definition) is 2. The third-order valence-electron chi connectivity index (χ3n) is 3.54. The van der Waals surface area contributed by atoms with Crippen LogP contribution in [-0.4, -0.2) is 37.0 Å². The average Bonchev–Trinajstić information content (AvgIpc) is 2.40. The highest BCUT2D eigenvalue weighted by Gasteiger charge is 2.21. The Balaban J connectivity index is 1.63. The van der Waals surface area contributed by atoms with Crippen molar-refractivity contribution in [1.29, 1.82) is 0 Å². The van der Waals surface area contributed by atoms with E-state index in [0.29, 0.717) is 12.5 Å². The van der Waals surface area contributed by atoms with E-state index in [0.717, 1.165) is 32.4 Å². The Bertz CT molecular complexity index is 377. The number of likely N-dealkylation sites (tertiary alicyclic amines) is 1. The third-order valence-corrected chi connectivity index (χ3v) is 3.54. The van der Waals surface area contributed by atoms with Crippen LogP contribution in [0.25, 0.3) is 0 Å². The van der Waals surface area contributed by atoms with E-state index in [4.69, 9.17) is 0 Å². The first kappa shape index (κ1) is 13.1. The van der Waals surface area contributed by atoms with Gasteiger partial charge in [-0.2, -0.15) is 0 Å². The molecule has 1 unspecified atom stereocenters. The standard InChI is InChI=1S/C15H22N2O/c1-17-12-14(9-10-15(17)18)16-11-5-8-13-6-3-2-4-7-13/h2-4,6-7,14,16H,5,8-12H2,1H3. The zero-order valence-corrected chi connectivity index (χ0v) is 11.1. The van der Waals surface area contributed by atoms with Gasteiger partial charge < -0.3 is 10.2 Å². The largest absolute Gasteiger partial charge is 0.344 e. The summed E-state index contributed by atoms with van der Waals surface area (Å²) in [4.78, 5) is 13.2. The second-order valence-electron chi connectivity index (χ2n) is 5.05. The van der Waals surface area contributed by atoms with E-state index in [1.54, 1.807) is 0 Å². The summed E-state index contributed by atoms with van der Waals surface area (Å²) in [5.41, 5.74) is 1.40. The Kier molecular flexibility index (Phi) is 4.76. The molecule has 0 radical (unpaired) electrons. The van der Waals surface area contributed by atoms with Crippen LogP contribution in [0.2, 0.25) is 0 Å². The van der Waals surface area contributed by atoms with E-state index in [-0.39, 0.29) is 5.91 Å². The number of carbonyl (C=O) groups excluding carboxylic acids is 1. The van der Waals surface area contributed by atoms with E-state index >= 15 is 0 Å². The molecule has 1 fully saturated rings. The SMILES string of the molecule is CN1CC(NCCCc2ccccc2)CCC1=O. The maximum absolute atomic E-state index is 11.4. The molecule has 1 atom stereocenters. The second-order valence-corrected chi connectivity index (χ2v) is 5.05. The van der Waals surface area contributed by atoms with E-state index < -0.39 is 0 Å². The summed E-state index contributed by atoms with van der Waals surface area (Å²) in [5, 5.41) is 3.55. The molecule has 3 nitrogen and oxygen atoms in total. The number of carbonyl (C=O) groups is 1. The number of amides is 1. The van der Waals surface area contributed by atoms with Crippen molar-refractivity contribution in [2.24, 2.45) is 0 Å². The smallest absolute Gasteiger partial charge is 0.222 e. The molecule has 0 spiro atoms. The van der Waals surface area contributed by atoms with E-state index in [2.05, 4.69) is 35.6 Å². The van der Waals surface area contributed by atoms with Crippen LogP contribution in [-0.2, 0) is 11.2 Å². The number of benzene rings is 1. The van der Waals surface area contributed by atoms with Gasteiger partial charge >= 0.3 is 0 Å². The molecule has 1 aromatic rings. The zero-order chi connectivity index (χ0) is 12.8. The maximum Gasteiger partial charge on any atom is 0.222 e. The number of piperidine rings is 1. The van der Waals surface area contributed by atoms with Gasteiger partial charge in [0.1, 0.15) is 0 Å². The Morgan fingerprint density at radius 2 is 2.11 bits per heavy atom. The fourth-order valence-corrected chi connectivity index (χ4v) is 2.42. The second kappa shape index (κ2) is 6.55. The van der Waals surface area contributed by atoms with Crippen molar-refractivity contribution >= 4 is 5.91 Å². The number of hydrogen-bond donors (Lipinski definition) is 1. The van der Waals surface area contributed by atoms with Gasteiger partial charge in [-0.25, -0.2) is 0 Å². The van der Waals surface area contributed by atoms with Gasteiger partial charge in [0.05, 0.1) is 0 Å². The van der Waals surface area contributed by atoms with Gasteiger partial charge in [-0.3, -0.25) is 4.79 Å². The Hall–Kier alpha value is -1.35. The minimum absolute atomic E-state index is 0.275. The molecule has 1 amide bonds. The van der Waals surface area contributed by atoms with Crippen molar-refractivity contribution in [2.75, 3.05) is 20.1 Å². The molecular formula is C15H22N2O. The highest BCUT2D eigenvalue weighted by atomic mass is 16.2. The number of aryl methyl sites for hydroxylation is 1. The third kappa shape index (κ3) is 3.84. The molecule has 0 saturated carbocycles. The molecule has 1 aliphatic heterocycles. The summed E-state index contributed by atoms with van der Waals surface area (Å²) in [6.07, 6.45) is 3.94. The molecule has 0 aliphatic carbocycles. The lowest BCUT2D eigenvalue weighted by molar-refractivity contribution is -0.132. The normalized spacial score (nSPS) is 20.2. The van der Waals surface area contributed by atoms with Crippen LogP contribution >= 0.6 is 0 Å². The molecule has 0 aromatic heterocycles. The van der Waals surface area contributed by atoms with Crippen molar-refractivity contribution < 1.29 is 4.79 Å². The minimum Gasteiger partial charge on any atom is -0.344 e. The molecular weight excluding hydrogens is 224 g/mol. The average molecular weight is 246 g/mol. The van der Waals surface area contributed by atoms with Crippen LogP contribution in [0, 0.1) is 0 Å². The maximum atomic E-state index is 11.4. The van der Waals surface area contributed by atoms with Crippen molar-refractivity contribution in [1.82, 2.24) is 10.2 Å². The number of nitrogens with zero attached hydrogens (tertiary/aromatic N) is 1. The summed E-state index contributed by atoms with van der Waals surface area (Å²) in [7, 11) is 1.89. The molecule has 98 valence electrons. The number of nitrogens with one attached hydrogen (secondary N) is 1. The molecule has 0 bridgehead atoms. The van der Waals surface area contributed by atoms with Crippen LogP contribution in [0.15, 0.2) is 30.3 Å². The van der Waals surface area contributed by atoms with Crippen LogP contribution in [0.4, 0.5) is 0 Å². The van der Waals surface area contributed by atoms with Gasteiger partial charge in [-0.1, -0.05) is 30.3 Å². The van der Waals surface area contributed by atoms with Gasteiger partial charge in [0.25, 0.3) is 0 Å². The molecule has 1 aromatic carbocycles. The predicted octanol–water partition coefficient (Wildman–Crippen LogP) is 1.83. The van der Waals surface area contributed by atoms with Crippen molar-refractivity contribution in [2.45, 2.75) is 31.7 Å². The number of rotatable bonds is 5. The van der Waals surface area contributed by atoms with Crippen LogP contribution in [0.3, 0.4) is 0 Å². The summed E-state index contributed by atoms with van der Waals surface area (Å²) >= 11 is 0. The Morgan fingerprint density at radius 3 is 2.83 bits per heavy atom. The molecule has 2 rings (SSSR count). The summed E-state index contributed by atoms with van der Waals surface area (Å²) in [5.74, 6) is 0.275. The van der Waals surface area contributed by atoms with Crippen LogP contribution < -0.4 is 5.32 Å². The highest BCUT2D eigenvalue weighted by Crippen LogP contribution is 2.09. The lowest BCUT2D eigenvalue weighted by Crippen LogP contribution is -2.46. The van der Waals surface area contributed by atoms with Crippen LogP contribution in [0.1, 0.15) is 24.8 Å². The van der Waals surface area contributed by atoms with Crippen LogP contribution in [0.5, 0.6) is 0 Å². The first-order chi connectivity index (χ1) is 8.75. The predicted molar refractivity (Wildman–Crippen MR) is 73.4 cm³/mol. The monoisotopic (exact) mass is 246 g/mol. The molecule has 1 aliphatic rings. The summed E-state index contributed by atoms with van der Waals surface area (Å²) in [6.45, 7) is 1.88. The van der Waals surface area contributed by atoms with Gasteiger partial charge in [0, 0.05) is 26.1 Å². The van der Waals surface area contributed by atoms with Gasteiger partial charge in [0.2, 0.25) is 5.91 Å². The van der Waals surface area contributed by atoms with Crippen molar-refractivity contribution in [3.8, 4) is 0 Å². The molecule has 1 heterocycles. The molecule has 1 saturated heterocycles. The Morgan fingerprint density at radius 1 is 1.33 bits per heavy atom. The minimum atomic E-state index is 0.275. The lowest BCUT2D eigenvalue weighted by atomic mass is 10.1. The quantitative estimate of drug-likeness (QED) is 0.804. The van der Waals surface area contributed by atoms with E-state index in [1.807, 2.05) is 11.9 Å². The Labute approximate surface area is 109 Å². The fraction of sp³-hybridized carbons (Fsp3) is 0.533. The molecule has 18 heavy (non-hydrogen) atoms. The zero-order valence-electron chi connectivity index (χ0n) is 11.1. The first-order valence-electron chi connectivity index (χ1n) is 6.77. The topological polar surface area (TPSA) is 32.3 Å². The molecule has 1 N–H and O–H groups in total. The number of likely N-dealkylation sites (N-methyl/N-ethyl adjacent to an activating group) is 1. The van der Waals surface area contributed by atoms with E-state index in [9.17, 15) is 4.79 Å². The lowest BCUT2D eigenvalue weighted by Gasteiger charge is -2.30. The van der Waals surface area contributed by atoms with Gasteiger partial charge in [-0.15, -0.1) is 0 Å². The van der Waals surface area contributed by atoms with Gasteiger partial charge in [0.15, 0.2) is 0 Å². The highest BCUT2D eigenvalue weighted by molar-refractivity contribution is 5.76. The summed E-state index contributed by atoms with van der Waals surface area (Å²) in [6, 6.07) is 11.1.